The minimum Gasteiger partial charge on any atom is -0.481 e. The van der Waals surface area contributed by atoms with E-state index in [1.807, 2.05) is 6.26 Å². The normalized spacial score (nSPS) is 13.9. The van der Waals surface area contributed by atoms with Crippen LogP contribution in [0.2, 0.25) is 0 Å². The summed E-state index contributed by atoms with van der Waals surface area (Å²) in [4.78, 5) is 68.5. The van der Waals surface area contributed by atoms with E-state index in [0.29, 0.717) is 11.4 Å². The molecule has 2 rings (SSSR count). The maximum absolute atomic E-state index is 13.4. The summed E-state index contributed by atoms with van der Waals surface area (Å²) in [6, 6.07) is 4.20. The molecule has 0 aliphatic carbocycles. The van der Waals surface area contributed by atoms with E-state index >= 15 is 0 Å². The Bertz CT molecular complexity index is 1100. The summed E-state index contributed by atoms with van der Waals surface area (Å²) in [6.45, 7) is 0. The molecule has 8 N–H and O–H groups in total. The molecule has 0 bridgehead atoms. The van der Waals surface area contributed by atoms with Crippen LogP contribution >= 0.6 is 11.8 Å². The van der Waals surface area contributed by atoms with Gasteiger partial charge in [-0.2, -0.15) is 11.8 Å². The van der Waals surface area contributed by atoms with Gasteiger partial charge in [-0.3, -0.25) is 19.2 Å². The molecule has 0 radical (unpaired) electrons. The standard InChI is InChI=1S/C25H34N6O7S/c1-39-10-9-18(25(37)38)29-23(35)19(11-15-5-3-2-4-6-15)31-24(36)20(12-16-13-27-14-28-16)30-22(34)17(26)7-8-21(32)33/h2-6,13-14,17-20H,7-12,26H2,1H3,(H,27,28)(H,29,35)(H,30,34)(H,31,36)(H,32,33)(H,37,38). The second kappa shape index (κ2) is 16.1. The van der Waals surface area contributed by atoms with Gasteiger partial charge in [0.1, 0.15) is 18.1 Å². The number of nitrogens with two attached hydrogens (primary N) is 1. The van der Waals surface area contributed by atoms with E-state index in [1.54, 1.807) is 30.3 Å². The van der Waals surface area contributed by atoms with E-state index in [0.717, 1.165) is 5.56 Å². The number of benzene rings is 1. The highest BCUT2D eigenvalue weighted by molar-refractivity contribution is 7.98. The number of thioether (sulfide) groups is 1. The summed E-state index contributed by atoms with van der Waals surface area (Å²) >= 11 is 1.44. The van der Waals surface area contributed by atoms with Crippen LogP contribution in [0.25, 0.3) is 0 Å². The molecule has 0 spiro atoms. The van der Waals surface area contributed by atoms with Crippen molar-refractivity contribution in [2.24, 2.45) is 5.73 Å². The van der Waals surface area contributed by atoms with E-state index in [9.17, 15) is 29.1 Å². The molecule has 1 aromatic carbocycles. The molecule has 1 aromatic heterocycles. The van der Waals surface area contributed by atoms with Crippen LogP contribution in [-0.2, 0) is 36.8 Å². The number of aromatic amines is 1. The number of H-pyrrole nitrogens is 1. The largest absolute Gasteiger partial charge is 0.481 e. The first-order valence-corrected chi connectivity index (χ1v) is 13.6. The van der Waals surface area contributed by atoms with Crippen LogP contribution in [0, 0.1) is 0 Å². The summed E-state index contributed by atoms with van der Waals surface area (Å²) < 4.78 is 0. The Morgan fingerprint density at radius 3 is 2.10 bits per heavy atom. The van der Waals surface area contributed by atoms with E-state index in [2.05, 4.69) is 25.9 Å². The zero-order valence-corrected chi connectivity index (χ0v) is 22.3. The number of rotatable bonds is 17. The highest BCUT2D eigenvalue weighted by Gasteiger charge is 2.31. The Morgan fingerprint density at radius 1 is 0.923 bits per heavy atom. The molecule has 0 fully saturated rings. The molecule has 4 atom stereocenters. The third kappa shape index (κ3) is 11.2. The van der Waals surface area contributed by atoms with E-state index in [-0.39, 0.29) is 32.1 Å². The average molecular weight is 563 g/mol. The third-order valence-electron chi connectivity index (χ3n) is 5.76. The van der Waals surface area contributed by atoms with E-state index in [1.165, 1.54) is 24.3 Å². The van der Waals surface area contributed by atoms with Gasteiger partial charge >= 0.3 is 11.9 Å². The highest BCUT2D eigenvalue weighted by atomic mass is 32.2. The maximum Gasteiger partial charge on any atom is 0.326 e. The van der Waals surface area contributed by atoms with Crippen LogP contribution < -0.4 is 21.7 Å². The second-order valence-electron chi connectivity index (χ2n) is 8.81. The van der Waals surface area contributed by atoms with Gasteiger partial charge in [0, 0.05) is 31.2 Å². The number of carbonyl (C=O) groups is 5. The van der Waals surface area contributed by atoms with Crippen molar-refractivity contribution in [3.05, 3.63) is 54.1 Å². The van der Waals surface area contributed by atoms with Crippen molar-refractivity contribution in [2.75, 3.05) is 12.0 Å². The number of imidazole rings is 1. The Labute approximate surface area is 229 Å². The summed E-state index contributed by atoms with van der Waals surface area (Å²) in [5.74, 6) is -3.93. The molecule has 0 aliphatic heterocycles. The maximum atomic E-state index is 13.4. The number of carboxylic acids is 2. The van der Waals surface area contributed by atoms with Crippen molar-refractivity contribution in [1.29, 1.82) is 0 Å². The molecule has 0 saturated carbocycles. The highest BCUT2D eigenvalue weighted by Crippen LogP contribution is 2.08. The minimum absolute atomic E-state index is 0.0195. The van der Waals surface area contributed by atoms with Gasteiger partial charge in [-0.25, -0.2) is 9.78 Å². The lowest BCUT2D eigenvalue weighted by atomic mass is 10.0. The molecular formula is C25H34N6O7S. The fraction of sp³-hybridized carbons (Fsp3) is 0.440. The Balaban J connectivity index is 2.24. The van der Waals surface area contributed by atoms with Gasteiger partial charge in [0.05, 0.1) is 12.4 Å². The zero-order chi connectivity index (χ0) is 28.8. The lowest BCUT2D eigenvalue weighted by Gasteiger charge is -2.25. The molecule has 3 amide bonds. The molecular weight excluding hydrogens is 528 g/mol. The number of aliphatic carboxylic acids is 2. The van der Waals surface area contributed by atoms with Crippen LogP contribution in [0.3, 0.4) is 0 Å². The van der Waals surface area contributed by atoms with E-state index < -0.39 is 53.8 Å². The summed E-state index contributed by atoms with van der Waals surface area (Å²) in [5, 5.41) is 26.1. The zero-order valence-electron chi connectivity index (χ0n) is 21.5. The molecule has 1 heterocycles. The van der Waals surface area contributed by atoms with Crippen LogP contribution in [0.15, 0.2) is 42.9 Å². The lowest BCUT2D eigenvalue weighted by Crippen LogP contribution is -2.58. The summed E-state index contributed by atoms with van der Waals surface area (Å²) in [6.07, 6.45) is 4.47. The van der Waals surface area contributed by atoms with Crippen molar-refractivity contribution < 1.29 is 34.2 Å². The van der Waals surface area contributed by atoms with Crippen LogP contribution in [0.5, 0.6) is 0 Å². The van der Waals surface area contributed by atoms with Gasteiger partial charge < -0.3 is 36.9 Å². The molecule has 13 nitrogen and oxygen atoms in total. The van der Waals surface area contributed by atoms with Crippen LogP contribution in [0.1, 0.15) is 30.5 Å². The molecule has 2 aromatic rings. The van der Waals surface area contributed by atoms with Crippen molar-refractivity contribution in [1.82, 2.24) is 25.9 Å². The van der Waals surface area contributed by atoms with Crippen molar-refractivity contribution in [3.63, 3.8) is 0 Å². The number of aromatic nitrogens is 2. The fourth-order valence-corrected chi connectivity index (χ4v) is 4.08. The SMILES string of the molecule is CSCCC(NC(=O)C(Cc1ccccc1)NC(=O)C(Cc1cnc[nH]1)NC(=O)C(N)CCC(=O)O)C(=O)O. The van der Waals surface area contributed by atoms with Crippen LogP contribution in [0.4, 0.5) is 0 Å². The first-order chi connectivity index (χ1) is 18.6. The number of carboxylic acid groups (broad SMARTS) is 2. The van der Waals surface area contributed by atoms with Gasteiger partial charge in [0.25, 0.3) is 0 Å². The quantitative estimate of drug-likeness (QED) is 0.133. The second-order valence-corrected chi connectivity index (χ2v) is 9.80. The third-order valence-corrected chi connectivity index (χ3v) is 6.40. The van der Waals surface area contributed by atoms with E-state index in [4.69, 9.17) is 10.8 Å². The van der Waals surface area contributed by atoms with Gasteiger partial charge in [-0.1, -0.05) is 30.3 Å². The monoisotopic (exact) mass is 562 g/mol. The van der Waals surface area contributed by atoms with Crippen molar-refractivity contribution in [2.45, 2.75) is 56.3 Å². The molecule has 39 heavy (non-hydrogen) atoms. The van der Waals surface area contributed by atoms with Gasteiger partial charge in [-0.15, -0.1) is 0 Å². The number of hydrogen-bond acceptors (Lipinski definition) is 8. The number of nitrogens with one attached hydrogen (secondary N) is 4. The lowest BCUT2D eigenvalue weighted by molar-refractivity contribution is -0.142. The Kier molecular flexibility index (Phi) is 13.0. The van der Waals surface area contributed by atoms with Crippen LogP contribution in [-0.4, -0.2) is 86.0 Å². The number of nitrogens with zero attached hydrogens (tertiary/aromatic N) is 1. The predicted octanol–water partition coefficient (Wildman–Crippen LogP) is -0.321. The first kappa shape index (κ1) is 31.3. The minimum atomic E-state index is -1.19. The Hall–Kier alpha value is -3.91. The predicted molar refractivity (Wildman–Crippen MR) is 144 cm³/mol. The molecule has 0 aliphatic rings. The summed E-state index contributed by atoms with van der Waals surface area (Å²) in [5.41, 5.74) is 7.05. The number of carbonyl (C=O) groups excluding carboxylic acids is 3. The average Bonchev–Trinajstić information content (AvgIpc) is 3.42. The van der Waals surface area contributed by atoms with Crippen molar-refractivity contribution in [3.8, 4) is 0 Å². The smallest absolute Gasteiger partial charge is 0.326 e. The molecule has 14 heteroatoms. The number of hydrogen-bond donors (Lipinski definition) is 7. The number of amides is 3. The van der Waals surface area contributed by atoms with Gasteiger partial charge in [0.2, 0.25) is 17.7 Å². The topological polar surface area (TPSA) is 217 Å². The van der Waals surface area contributed by atoms with Gasteiger partial charge in [0.15, 0.2) is 0 Å². The first-order valence-electron chi connectivity index (χ1n) is 12.2. The molecule has 0 saturated heterocycles. The molecule has 4 unspecified atom stereocenters. The Morgan fingerprint density at radius 2 is 1.54 bits per heavy atom. The van der Waals surface area contributed by atoms with Crippen molar-refractivity contribution >= 4 is 41.4 Å². The molecule has 212 valence electrons. The fourth-order valence-electron chi connectivity index (χ4n) is 3.61. The summed E-state index contributed by atoms with van der Waals surface area (Å²) in [7, 11) is 0. The van der Waals surface area contributed by atoms with Gasteiger partial charge in [-0.05, 0) is 30.4 Å².